The van der Waals surface area contributed by atoms with E-state index in [1.807, 2.05) is 30.5 Å². The average Bonchev–Trinajstić information content (AvgIpc) is 2.60. The van der Waals surface area contributed by atoms with Gasteiger partial charge < -0.3 is 9.64 Å². The molecule has 0 saturated heterocycles. The quantitative estimate of drug-likeness (QED) is 0.683. The van der Waals surface area contributed by atoms with Crippen LogP contribution in [0.25, 0.3) is 0 Å². The fraction of sp³-hybridized carbons (Fsp3) is 0.409. The van der Waals surface area contributed by atoms with Crippen molar-refractivity contribution in [3.8, 4) is 5.75 Å². The van der Waals surface area contributed by atoms with Crippen molar-refractivity contribution in [1.29, 1.82) is 0 Å². The zero-order valence-electron chi connectivity index (χ0n) is 15.9. The Morgan fingerprint density at radius 3 is 2.72 bits per heavy atom. The van der Waals surface area contributed by atoms with E-state index in [0.717, 1.165) is 23.5 Å². The Balaban J connectivity index is 1.94. The van der Waals surface area contributed by atoms with E-state index in [1.165, 1.54) is 17.7 Å². The van der Waals surface area contributed by atoms with Crippen LogP contribution >= 0.6 is 0 Å². The largest absolute Gasteiger partial charge is 0.494 e. The van der Waals surface area contributed by atoms with Crippen LogP contribution in [0.2, 0.25) is 0 Å². The van der Waals surface area contributed by atoms with Crippen molar-refractivity contribution in [2.45, 2.75) is 45.6 Å². The van der Waals surface area contributed by atoms with Crippen molar-refractivity contribution in [3.63, 3.8) is 0 Å². The maximum absolute atomic E-state index is 5.37. The lowest BCUT2D eigenvalue weighted by Gasteiger charge is -2.47. The van der Waals surface area contributed by atoms with Crippen molar-refractivity contribution >= 4 is 17.6 Å². The number of aliphatic imine (C=N–C) groups is 1. The van der Waals surface area contributed by atoms with Crippen molar-refractivity contribution in [2.24, 2.45) is 4.99 Å². The Morgan fingerprint density at radius 2 is 2.00 bits per heavy atom. The van der Waals surface area contributed by atoms with Gasteiger partial charge in [-0.05, 0) is 68.5 Å². The van der Waals surface area contributed by atoms with E-state index in [0.29, 0.717) is 5.92 Å². The number of anilines is 1. The Labute approximate surface area is 151 Å². The highest BCUT2D eigenvalue weighted by atomic mass is 16.5. The molecule has 0 aliphatic carbocycles. The Morgan fingerprint density at radius 1 is 1.24 bits per heavy atom. The molecule has 2 aromatic carbocycles. The van der Waals surface area contributed by atoms with Gasteiger partial charge in [0, 0.05) is 24.0 Å². The number of para-hydroxylation sites is 2. The van der Waals surface area contributed by atoms with E-state index in [1.54, 1.807) is 7.11 Å². The first-order valence-electron chi connectivity index (χ1n) is 9.05. The van der Waals surface area contributed by atoms with E-state index in [2.05, 4.69) is 55.8 Å². The summed E-state index contributed by atoms with van der Waals surface area (Å²) in [7, 11) is 1.68. The summed E-state index contributed by atoms with van der Waals surface area (Å²) in [4.78, 5) is 7.14. The average molecular weight is 336 g/mol. The lowest BCUT2D eigenvalue weighted by Crippen LogP contribution is -2.48. The minimum Gasteiger partial charge on any atom is -0.494 e. The van der Waals surface area contributed by atoms with Crippen LogP contribution in [0.3, 0.4) is 0 Å². The van der Waals surface area contributed by atoms with Crippen LogP contribution in [0.1, 0.15) is 51.2 Å². The minimum absolute atomic E-state index is 0.203. The third kappa shape index (κ3) is 3.41. The molecule has 1 heterocycles. The summed E-state index contributed by atoms with van der Waals surface area (Å²) in [6.07, 6.45) is 3.10. The van der Waals surface area contributed by atoms with Crippen LogP contribution in [-0.4, -0.2) is 25.4 Å². The van der Waals surface area contributed by atoms with Gasteiger partial charge in [-0.3, -0.25) is 4.99 Å². The number of rotatable bonds is 4. The molecule has 0 spiro atoms. The molecule has 0 fully saturated rings. The van der Waals surface area contributed by atoms with Gasteiger partial charge in [0.05, 0.1) is 7.11 Å². The highest BCUT2D eigenvalue weighted by molar-refractivity contribution is 5.84. The number of benzene rings is 2. The Kier molecular flexibility index (Phi) is 4.85. The van der Waals surface area contributed by atoms with Crippen molar-refractivity contribution in [1.82, 2.24) is 0 Å². The molecule has 0 amide bonds. The molecule has 1 aliphatic heterocycles. The molecule has 132 valence electrons. The second kappa shape index (κ2) is 6.91. The SMILES string of the molecule is CCN1c2ccc(C=Nc3ccccc3OC)cc2C(C)CC1(C)C. The van der Waals surface area contributed by atoms with Gasteiger partial charge in [0.2, 0.25) is 0 Å². The zero-order valence-corrected chi connectivity index (χ0v) is 15.9. The first-order valence-corrected chi connectivity index (χ1v) is 9.05. The lowest BCUT2D eigenvalue weighted by atomic mass is 9.79. The predicted molar refractivity (Wildman–Crippen MR) is 107 cm³/mol. The molecule has 0 aromatic heterocycles. The van der Waals surface area contributed by atoms with Crippen LogP contribution in [0.4, 0.5) is 11.4 Å². The molecule has 0 saturated carbocycles. The molecule has 3 heteroatoms. The van der Waals surface area contributed by atoms with Crippen LogP contribution in [0.5, 0.6) is 5.75 Å². The van der Waals surface area contributed by atoms with E-state index in [-0.39, 0.29) is 5.54 Å². The first kappa shape index (κ1) is 17.5. The fourth-order valence-corrected chi connectivity index (χ4v) is 4.07. The summed E-state index contributed by atoms with van der Waals surface area (Å²) in [5.41, 5.74) is 4.97. The molecule has 1 aliphatic rings. The molecule has 3 nitrogen and oxygen atoms in total. The van der Waals surface area contributed by atoms with Gasteiger partial charge in [0.1, 0.15) is 11.4 Å². The van der Waals surface area contributed by atoms with E-state index in [4.69, 9.17) is 4.74 Å². The van der Waals surface area contributed by atoms with Crippen LogP contribution in [-0.2, 0) is 0 Å². The van der Waals surface area contributed by atoms with Crippen LogP contribution in [0, 0.1) is 0 Å². The first-order chi connectivity index (χ1) is 12.0. The van der Waals surface area contributed by atoms with Crippen LogP contribution < -0.4 is 9.64 Å². The van der Waals surface area contributed by atoms with Crippen molar-refractivity contribution in [2.75, 3.05) is 18.6 Å². The number of hydrogen-bond donors (Lipinski definition) is 0. The number of fused-ring (bicyclic) bond motifs is 1. The maximum Gasteiger partial charge on any atom is 0.144 e. The Hall–Kier alpha value is -2.29. The number of nitrogens with zero attached hydrogens (tertiary/aromatic N) is 2. The normalized spacial score (nSPS) is 19.1. The second-order valence-electron chi connectivity index (χ2n) is 7.41. The van der Waals surface area contributed by atoms with Gasteiger partial charge in [-0.1, -0.05) is 25.1 Å². The molecule has 0 N–H and O–H groups in total. The van der Waals surface area contributed by atoms with E-state index < -0.39 is 0 Å². The van der Waals surface area contributed by atoms with E-state index >= 15 is 0 Å². The van der Waals surface area contributed by atoms with Gasteiger partial charge in [0.15, 0.2) is 0 Å². The lowest BCUT2D eigenvalue weighted by molar-refractivity contribution is 0.381. The summed E-state index contributed by atoms with van der Waals surface area (Å²) in [5.74, 6) is 1.34. The monoisotopic (exact) mass is 336 g/mol. The summed E-state index contributed by atoms with van der Waals surface area (Å²) in [6, 6.07) is 14.5. The number of methoxy groups -OCH3 is 1. The molecule has 0 bridgehead atoms. The predicted octanol–water partition coefficient (Wildman–Crippen LogP) is 5.56. The van der Waals surface area contributed by atoms with Gasteiger partial charge in [-0.15, -0.1) is 0 Å². The van der Waals surface area contributed by atoms with Crippen LogP contribution in [0.15, 0.2) is 47.5 Å². The highest BCUT2D eigenvalue weighted by Gasteiger charge is 2.35. The van der Waals surface area contributed by atoms with Gasteiger partial charge in [0.25, 0.3) is 0 Å². The summed E-state index contributed by atoms with van der Waals surface area (Å²) < 4.78 is 5.37. The van der Waals surface area contributed by atoms with Crippen molar-refractivity contribution in [3.05, 3.63) is 53.6 Å². The maximum atomic E-state index is 5.37. The van der Waals surface area contributed by atoms with E-state index in [9.17, 15) is 0 Å². The zero-order chi connectivity index (χ0) is 18.0. The smallest absolute Gasteiger partial charge is 0.144 e. The molecule has 1 atom stereocenters. The fourth-order valence-electron chi connectivity index (χ4n) is 4.07. The topological polar surface area (TPSA) is 24.8 Å². The molecule has 0 radical (unpaired) electrons. The molecular formula is C22H28N2O. The standard InChI is InChI=1S/C22H28N2O/c1-6-24-20-12-11-17(13-18(20)16(2)14-22(24,3)4)15-23-19-9-7-8-10-21(19)25-5/h7-13,15-16H,6,14H2,1-5H3. The molecule has 25 heavy (non-hydrogen) atoms. The molecule has 1 unspecified atom stereocenters. The minimum atomic E-state index is 0.203. The highest BCUT2D eigenvalue weighted by Crippen LogP contribution is 2.43. The summed E-state index contributed by atoms with van der Waals surface area (Å²) in [5, 5.41) is 0. The van der Waals surface area contributed by atoms with Gasteiger partial charge in [-0.25, -0.2) is 0 Å². The summed E-state index contributed by atoms with van der Waals surface area (Å²) in [6.45, 7) is 10.3. The van der Waals surface area contributed by atoms with Crippen molar-refractivity contribution < 1.29 is 4.74 Å². The molecule has 2 aromatic rings. The second-order valence-corrected chi connectivity index (χ2v) is 7.41. The summed E-state index contributed by atoms with van der Waals surface area (Å²) >= 11 is 0. The number of ether oxygens (including phenoxy) is 1. The Bertz CT molecular complexity index is 779. The van der Waals surface area contributed by atoms with Gasteiger partial charge in [-0.2, -0.15) is 0 Å². The molecule has 3 rings (SSSR count). The molecular weight excluding hydrogens is 308 g/mol. The third-order valence-corrected chi connectivity index (χ3v) is 5.16. The van der Waals surface area contributed by atoms with Gasteiger partial charge >= 0.3 is 0 Å². The number of hydrogen-bond acceptors (Lipinski definition) is 3. The third-order valence-electron chi connectivity index (χ3n) is 5.16.